The molecule has 76 valence electrons. The van der Waals surface area contributed by atoms with E-state index < -0.39 is 6.09 Å². The quantitative estimate of drug-likeness (QED) is 0.708. The third kappa shape index (κ3) is 1.71. The fraction of sp³-hybridized carbons (Fsp3) is 0.556. The van der Waals surface area contributed by atoms with Gasteiger partial charge in [0.15, 0.2) is 0 Å². The van der Waals surface area contributed by atoms with E-state index in [1.165, 1.54) is 4.90 Å². The lowest BCUT2D eigenvalue weighted by molar-refractivity contribution is 0.131. The second-order valence-electron chi connectivity index (χ2n) is 3.52. The Labute approximate surface area is 81.8 Å². The first-order valence-electron chi connectivity index (χ1n) is 4.74. The molecule has 1 amide bonds. The molecule has 2 heterocycles. The van der Waals surface area contributed by atoms with E-state index >= 15 is 0 Å². The molecule has 0 aliphatic carbocycles. The molecule has 14 heavy (non-hydrogen) atoms. The van der Waals surface area contributed by atoms with Crippen molar-refractivity contribution in [2.24, 2.45) is 0 Å². The zero-order chi connectivity index (χ0) is 9.97. The highest BCUT2D eigenvalue weighted by Gasteiger charge is 2.24. The number of hydrogen-bond donors (Lipinski definition) is 2. The van der Waals surface area contributed by atoms with E-state index in [2.05, 4.69) is 9.97 Å². The van der Waals surface area contributed by atoms with E-state index in [9.17, 15) is 4.79 Å². The topological polar surface area (TPSA) is 69.2 Å². The van der Waals surface area contributed by atoms with Crippen LogP contribution in [-0.2, 0) is 0 Å². The third-order valence-electron chi connectivity index (χ3n) is 2.67. The Bertz CT molecular complexity index is 302. The first-order valence-corrected chi connectivity index (χ1v) is 4.74. The number of piperidine rings is 1. The SMILES string of the molecule is O=C(O)N1CCC(c2ncc[nH]2)CC1. The van der Waals surface area contributed by atoms with Crippen molar-refractivity contribution in [1.29, 1.82) is 0 Å². The minimum Gasteiger partial charge on any atom is -0.465 e. The van der Waals surface area contributed by atoms with Crippen molar-refractivity contribution in [1.82, 2.24) is 14.9 Å². The Balaban J connectivity index is 1.93. The molecule has 1 aliphatic rings. The molecule has 0 atom stereocenters. The van der Waals surface area contributed by atoms with Gasteiger partial charge in [0.1, 0.15) is 5.82 Å². The number of rotatable bonds is 1. The van der Waals surface area contributed by atoms with Crippen molar-refractivity contribution in [3.05, 3.63) is 18.2 Å². The molecule has 0 aromatic carbocycles. The summed E-state index contributed by atoms with van der Waals surface area (Å²) in [6.07, 6.45) is 4.44. The Morgan fingerprint density at radius 2 is 2.29 bits per heavy atom. The molecule has 1 aliphatic heterocycles. The largest absolute Gasteiger partial charge is 0.465 e. The number of H-pyrrole nitrogens is 1. The number of hydrogen-bond acceptors (Lipinski definition) is 2. The van der Waals surface area contributed by atoms with E-state index in [-0.39, 0.29) is 0 Å². The van der Waals surface area contributed by atoms with Gasteiger partial charge >= 0.3 is 6.09 Å². The van der Waals surface area contributed by atoms with Crippen molar-refractivity contribution in [2.75, 3.05) is 13.1 Å². The predicted molar refractivity (Wildman–Crippen MR) is 50.2 cm³/mol. The molecule has 2 N–H and O–H groups in total. The molecular weight excluding hydrogens is 182 g/mol. The summed E-state index contributed by atoms with van der Waals surface area (Å²) in [6.45, 7) is 1.22. The average Bonchev–Trinajstić information content (AvgIpc) is 2.71. The minimum atomic E-state index is -0.817. The van der Waals surface area contributed by atoms with Crippen LogP contribution < -0.4 is 0 Å². The van der Waals surface area contributed by atoms with Crippen molar-refractivity contribution < 1.29 is 9.90 Å². The lowest BCUT2D eigenvalue weighted by Crippen LogP contribution is -2.37. The summed E-state index contributed by atoms with van der Waals surface area (Å²) in [5, 5.41) is 8.76. The number of likely N-dealkylation sites (tertiary alicyclic amines) is 1. The maximum atomic E-state index is 10.7. The van der Waals surface area contributed by atoms with Crippen molar-refractivity contribution >= 4 is 6.09 Å². The van der Waals surface area contributed by atoms with Gasteiger partial charge in [-0.05, 0) is 12.8 Å². The number of carbonyl (C=O) groups is 1. The normalized spacial score (nSPS) is 18.4. The number of nitrogens with one attached hydrogen (secondary N) is 1. The zero-order valence-electron chi connectivity index (χ0n) is 7.81. The summed E-state index contributed by atoms with van der Waals surface area (Å²) in [6, 6.07) is 0. The van der Waals surface area contributed by atoms with Gasteiger partial charge in [-0.25, -0.2) is 9.78 Å². The highest BCUT2D eigenvalue weighted by Crippen LogP contribution is 2.24. The van der Waals surface area contributed by atoms with Crippen LogP contribution in [0.15, 0.2) is 12.4 Å². The summed E-state index contributed by atoms with van der Waals surface area (Å²) in [4.78, 5) is 19.4. The molecule has 0 bridgehead atoms. The lowest BCUT2D eigenvalue weighted by Gasteiger charge is -2.28. The van der Waals surface area contributed by atoms with Crippen LogP contribution in [0.1, 0.15) is 24.6 Å². The molecule has 2 rings (SSSR count). The maximum Gasteiger partial charge on any atom is 0.407 e. The van der Waals surface area contributed by atoms with Crippen molar-refractivity contribution in [2.45, 2.75) is 18.8 Å². The van der Waals surface area contributed by atoms with Gasteiger partial charge in [0.2, 0.25) is 0 Å². The fourth-order valence-electron chi connectivity index (χ4n) is 1.84. The summed E-state index contributed by atoms with van der Waals surface area (Å²) in [7, 11) is 0. The number of carboxylic acid groups (broad SMARTS) is 1. The van der Waals surface area contributed by atoms with Crippen LogP contribution in [0.5, 0.6) is 0 Å². The first-order chi connectivity index (χ1) is 6.77. The first kappa shape index (κ1) is 9.05. The Kier molecular flexibility index (Phi) is 2.39. The molecule has 5 nitrogen and oxygen atoms in total. The van der Waals surface area contributed by atoms with Crippen LogP contribution in [0.25, 0.3) is 0 Å². The molecule has 0 radical (unpaired) electrons. The second-order valence-corrected chi connectivity index (χ2v) is 3.52. The standard InChI is InChI=1S/C9H13N3O2/c13-9(14)12-5-1-7(2-6-12)8-10-3-4-11-8/h3-4,7H,1-2,5-6H2,(H,10,11)(H,13,14). The average molecular weight is 195 g/mol. The Morgan fingerprint density at radius 1 is 1.57 bits per heavy atom. The van der Waals surface area contributed by atoms with Gasteiger partial charge in [-0.15, -0.1) is 0 Å². The van der Waals surface area contributed by atoms with Gasteiger partial charge in [-0.1, -0.05) is 0 Å². The van der Waals surface area contributed by atoms with E-state index in [4.69, 9.17) is 5.11 Å². The zero-order valence-corrected chi connectivity index (χ0v) is 7.81. The van der Waals surface area contributed by atoms with Crippen LogP contribution in [0.3, 0.4) is 0 Å². The van der Waals surface area contributed by atoms with Gasteiger partial charge in [0.05, 0.1) is 0 Å². The van der Waals surface area contributed by atoms with Gasteiger partial charge in [-0.3, -0.25) is 0 Å². The van der Waals surface area contributed by atoms with Gasteiger partial charge in [0, 0.05) is 31.4 Å². The van der Waals surface area contributed by atoms with E-state index in [1.807, 2.05) is 0 Å². The van der Waals surface area contributed by atoms with Gasteiger partial charge in [-0.2, -0.15) is 0 Å². The van der Waals surface area contributed by atoms with Gasteiger partial charge < -0.3 is 15.0 Å². The fourth-order valence-corrected chi connectivity index (χ4v) is 1.84. The van der Waals surface area contributed by atoms with Crippen LogP contribution >= 0.6 is 0 Å². The number of aromatic amines is 1. The summed E-state index contributed by atoms with van der Waals surface area (Å²) < 4.78 is 0. The number of imidazole rings is 1. The van der Waals surface area contributed by atoms with Crippen LogP contribution in [0.2, 0.25) is 0 Å². The van der Waals surface area contributed by atoms with E-state index in [1.54, 1.807) is 12.4 Å². The molecule has 1 aromatic heterocycles. The highest BCUT2D eigenvalue weighted by atomic mass is 16.4. The van der Waals surface area contributed by atoms with Crippen molar-refractivity contribution in [3.8, 4) is 0 Å². The minimum absolute atomic E-state index is 0.389. The highest BCUT2D eigenvalue weighted by molar-refractivity contribution is 5.65. The van der Waals surface area contributed by atoms with Crippen LogP contribution in [0.4, 0.5) is 4.79 Å². The molecule has 0 saturated carbocycles. The summed E-state index contributed by atoms with van der Waals surface area (Å²) in [5.74, 6) is 1.37. The number of amides is 1. The maximum absolute atomic E-state index is 10.7. The molecule has 0 unspecified atom stereocenters. The molecule has 0 spiro atoms. The van der Waals surface area contributed by atoms with E-state index in [0.29, 0.717) is 19.0 Å². The second kappa shape index (κ2) is 3.69. The Morgan fingerprint density at radius 3 is 2.79 bits per heavy atom. The molecular formula is C9H13N3O2. The summed E-state index contributed by atoms with van der Waals surface area (Å²) >= 11 is 0. The lowest BCUT2D eigenvalue weighted by atomic mass is 9.96. The predicted octanol–water partition coefficient (Wildman–Crippen LogP) is 1.27. The van der Waals surface area contributed by atoms with Crippen LogP contribution in [-0.4, -0.2) is 39.2 Å². The number of nitrogens with zero attached hydrogens (tertiary/aromatic N) is 2. The van der Waals surface area contributed by atoms with Crippen LogP contribution in [0, 0.1) is 0 Å². The monoisotopic (exact) mass is 195 g/mol. The van der Waals surface area contributed by atoms with Gasteiger partial charge in [0.25, 0.3) is 0 Å². The molecule has 1 saturated heterocycles. The summed E-state index contributed by atoms with van der Waals surface area (Å²) in [5.41, 5.74) is 0. The number of aromatic nitrogens is 2. The smallest absolute Gasteiger partial charge is 0.407 e. The Hall–Kier alpha value is -1.52. The molecule has 1 fully saturated rings. The molecule has 5 heteroatoms. The third-order valence-corrected chi connectivity index (χ3v) is 2.67. The van der Waals surface area contributed by atoms with Crippen molar-refractivity contribution in [3.63, 3.8) is 0 Å². The molecule has 1 aromatic rings. The van der Waals surface area contributed by atoms with E-state index in [0.717, 1.165) is 18.7 Å².